The predicted octanol–water partition coefficient (Wildman–Crippen LogP) is 3.81. The van der Waals surface area contributed by atoms with Crippen molar-refractivity contribution < 1.29 is 23.9 Å². The summed E-state index contributed by atoms with van der Waals surface area (Å²) < 4.78 is 10.9. The molecule has 7 heteroatoms. The van der Waals surface area contributed by atoms with Gasteiger partial charge in [-0.3, -0.25) is 14.4 Å². The lowest BCUT2D eigenvalue weighted by Crippen LogP contribution is -2.46. The topological polar surface area (TPSA) is 84.9 Å². The molecule has 1 saturated heterocycles. The average molecular weight is 453 g/mol. The second kappa shape index (κ2) is 11.5. The first-order valence-corrected chi connectivity index (χ1v) is 11.4. The Bertz CT molecular complexity index is 976. The monoisotopic (exact) mass is 452 g/mol. The van der Waals surface area contributed by atoms with Gasteiger partial charge < -0.3 is 19.7 Å². The highest BCUT2D eigenvalue weighted by atomic mass is 16.5. The minimum absolute atomic E-state index is 0.00583. The number of amides is 2. The molecule has 2 amide bonds. The molecule has 1 fully saturated rings. The van der Waals surface area contributed by atoms with Crippen LogP contribution in [0.5, 0.6) is 11.5 Å². The van der Waals surface area contributed by atoms with Crippen LogP contribution in [0.25, 0.3) is 0 Å². The zero-order valence-electron chi connectivity index (χ0n) is 19.6. The Balaban J connectivity index is 1.39. The molecule has 0 bridgehead atoms. The van der Waals surface area contributed by atoms with Gasteiger partial charge in [-0.25, -0.2) is 0 Å². The van der Waals surface area contributed by atoms with Crippen molar-refractivity contribution in [3.05, 3.63) is 59.2 Å². The summed E-state index contributed by atoms with van der Waals surface area (Å²) in [5, 5.41) is 3.02. The van der Waals surface area contributed by atoms with Crippen molar-refractivity contribution in [3.8, 4) is 11.5 Å². The normalized spacial score (nSPS) is 14.0. The van der Waals surface area contributed by atoms with Crippen molar-refractivity contribution in [2.75, 3.05) is 19.7 Å². The number of carbonyl (C=O) groups excluding carboxylic acids is 3. The van der Waals surface area contributed by atoms with Crippen molar-refractivity contribution in [2.45, 2.75) is 52.5 Å². The average Bonchev–Trinajstić information content (AvgIpc) is 2.78. The summed E-state index contributed by atoms with van der Waals surface area (Å²) in [4.78, 5) is 38.1. The zero-order chi connectivity index (χ0) is 23.8. The molecule has 3 rings (SSSR count). The van der Waals surface area contributed by atoms with E-state index in [1.165, 1.54) is 6.92 Å². The van der Waals surface area contributed by atoms with Gasteiger partial charge in [-0.2, -0.15) is 0 Å². The molecule has 1 aliphatic rings. The van der Waals surface area contributed by atoms with Crippen LogP contribution < -0.4 is 14.8 Å². The zero-order valence-corrected chi connectivity index (χ0v) is 19.6. The number of para-hydroxylation sites is 1. The number of hydrogen-bond donors (Lipinski definition) is 1. The highest BCUT2D eigenvalue weighted by Crippen LogP contribution is 2.22. The summed E-state index contributed by atoms with van der Waals surface area (Å²) in [7, 11) is 0. The molecular weight excluding hydrogens is 420 g/mol. The maximum Gasteiger partial charge on any atom is 0.308 e. The molecule has 2 aromatic carbocycles. The molecule has 0 spiro atoms. The highest BCUT2D eigenvalue weighted by molar-refractivity contribution is 5.95. The van der Waals surface area contributed by atoms with E-state index < -0.39 is 5.97 Å². The number of nitrogens with zero attached hydrogens (tertiary/aromatic N) is 1. The third-order valence-corrected chi connectivity index (χ3v) is 5.73. The Labute approximate surface area is 195 Å². The van der Waals surface area contributed by atoms with Crippen LogP contribution in [-0.2, 0) is 9.59 Å². The lowest BCUT2D eigenvalue weighted by molar-refractivity contribution is -0.133. The number of ether oxygens (including phenoxy) is 2. The molecule has 0 atom stereocenters. The minimum Gasteiger partial charge on any atom is -0.493 e. The largest absolute Gasteiger partial charge is 0.493 e. The van der Waals surface area contributed by atoms with Gasteiger partial charge in [-0.1, -0.05) is 24.3 Å². The fourth-order valence-electron chi connectivity index (χ4n) is 3.99. The van der Waals surface area contributed by atoms with Crippen LogP contribution in [-0.4, -0.2) is 48.4 Å². The number of aryl methyl sites for hydroxylation is 2. The summed E-state index contributed by atoms with van der Waals surface area (Å²) in [6.45, 7) is 7.11. The van der Waals surface area contributed by atoms with Gasteiger partial charge in [0, 0.05) is 38.0 Å². The third-order valence-electron chi connectivity index (χ3n) is 5.73. The molecule has 0 radical (unpaired) electrons. The van der Waals surface area contributed by atoms with Crippen LogP contribution >= 0.6 is 0 Å². The number of benzene rings is 2. The van der Waals surface area contributed by atoms with E-state index in [1.54, 1.807) is 24.3 Å². The molecule has 1 aliphatic heterocycles. The number of hydrogen-bond acceptors (Lipinski definition) is 5. The quantitative estimate of drug-likeness (QED) is 0.374. The van der Waals surface area contributed by atoms with E-state index in [0.29, 0.717) is 56.7 Å². The van der Waals surface area contributed by atoms with Crippen molar-refractivity contribution in [1.29, 1.82) is 0 Å². The standard InChI is InChI=1S/C26H32N2O5/c1-18-7-4-8-19(2)25(18)32-16-6-11-24(30)28-14-12-22(13-15-28)27-26(31)21-9-5-10-23(17-21)33-20(3)29/h4-5,7-10,17,22H,6,11-16H2,1-3H3,(H,27,31). The van der Waals surface area contributed by atoms with Crippen LogP contribution in [0.4, 0.5) is 0 Å². The van der Waals surface area contributed by atoms with Crippen molar-refractivity contribution >= 4 is 17.8 Å². The number of likely N-dealkylation sites (tertiary alicyclic amines) is 1. The first kappa shape index (κ1) is 24.3. The van der Waals surface area contributed by atoms with E-state index >= 15 is 0 Å². The molecule has 0 saturated carbocycles. The lowest BCUT2D eigenvalue weighted by Gasteiger charge is -2.32. The molecule has 0 aromatic heterocycles. The third kappa shape index (κ3) is 7.07. The summed E-state index contributed by atoms with van der Waals surface area (Å²) in [5.74, 6) is 0.731. The Hall–Kier alpha value is -3.35. The van der Waals surface area contributed by atoms with Gasteiger partial charge in [0.05, 0.1) is 6.61 Å². The Morgan fingerprint density at radius 3 is 2.36 bits per heavy atom. The van der Waals surface area contributed by atoms with Crippen LogP contribution in [0, 0.1) is 13.8 Å². The van der Waals surface area contributed by atoms with Gasteiger partial charge in [0.25, 0.3) is 5.91 Å². The van der Waals surface area contributed by atoms with E-state index in [2.05, 4.69) is 5.32 Å². The SMILES string of the molecule is CC(=O)Oc1cccc(C(=O)NC2CCN(C(=O)CCCOc3c(C)cccc3C)CC2)c1. The van der Waals surface area contributed by atoms with Gasteiger partial charge >= 0.3 is 5.97 Å². The van der Waals surface area contributed by atoms with Crippen molar-refractivity contribution in [3.63, 3.8) is 0 Å². The second-order valence-corrected chi connectivity index (χ2v) is 8.42. The van der Waals surface area contributed by atoms with Crippen LogP contribution in [0.15, 0.2) is 42.5 Å². The molecule has 0 aliphatic carbocycles. The molecule has 33 heavy (non-hydrogen) atoms. The van der Waals surface area contributed by atoms with E-state index in [1.807, 2.05) is 36.9 Å². The van der Waals surface area contributed by atoms with E-state index in [0.717, 1.165) is 16.9 Å². The lowest BCUT2D eigenvalue weighted by atomic mass is 10.0. The summed E-state index contributed by atoms with van der Waals surface area (Å²) >= 11 is 0. The minimum atomic E-state index is -0.429. The van der Waals surface area contributed by atoms with Crippen molar-refractivity contribution in [2.24, 2.45) is 0 Å². The summed E-state index contributed by atoms with van der Waals surface area (Å²) in [6, 6.07) is 12.6. The van der Waals surface area contributed by atoms with E-state index in [9.17, 15) is 14.4 Å². The van der Waals surface area contributed by atoms with Crippen molar-refractivity contribution in [1.82, 2.24) is 10.2 Å². The van der Waals surface area contributed by atoms with Gasteiger partial charge in [0.15, 0.2) is 0 Å². The summed E-state index contributed by atoms with van der Waals surface area (Å²) in [5.41, 5.74) is 2.64. The molecule has 176 valence electrons. The van der Waals surface area contributed by atoms with Gasteiger partial charge in [-0.05, 0) is 62.4 Å². The maximum absolute atomic E-state index is 12.6. The molecule has 1 heterocycles. The Morgan fingerprint density at radius 2 is 1.70 bits per heavy atom. The molecule has 2 aromatic rings. The molecular formula is C26H32N2O5. The van der Waals surface area contributed by atoms with Crippen LogP contribution in [0.2, 0.25) is 0 Å². The molecule has 0 unspecified atom stereocenters. The fourth-order valence-corrected chi connectivity index (χ4v) is 3.99. The predicted molar refractivity (Wildman–Crippen MR) is 125 cm³/mol. The number of esters is 1. The highest BCUT2D eigenvalue weighted by Gasteiger charge is 2.24. The van der Waals surface area contributed by atoms with Crippen LogP contribution in [0.1, 0.15) is 54.1 Å². The molecule has 1 N–H and O–H groups in total. The van der Waals surface area contributed by atoms with Gasteiger partial charge in [0.1, 0.15) is 11.5 Å². The molecule has 7 nitrogen and oxygen atoms in total. The van der Waals surface area contributed by atoms with E-state index in [4.69, 9.17) is 9.47 Å². The number of piperidine rings is 1. The van der Waals surface area contributed by atoms with Gasteiger partial charge in [-0.15, -0.1) is 0 Å². The Kier molecular flexibility index (Phi) is 8.46. The maximum atomic E-state index is 12.6. The number of nitrogens with one attached hydrogen (secondary N) is 1. The smallest absolute Gasteiger partial charge is 0.308 e. The van der Waals surface area contributed by atoms with E-state index in [-0.39, 0.29) is 17.9 Å². The first-order valence-electron chi connectivity index (χ1n) is 11.4. The number of rotatable bonds is 8. The second-order valence-electron chi connectivity index (χ2n) is 8.42. The fraction of sp³-hybridized carbons (Fsp3) is 0.423. The van der Waals surface area contributed by atoms with Crippen LogP contribution in [0.3, 0.4) is 0 Å². The Morgan fingerprint density at radius 1 is 1.03 bits per heavy atom. The number of carbonyl (C=O) groups is 3. The summed E-state index contributed by atoms with van der Waals surface area (Å²) in [6.07, 6.45) is 2.53. The van der Waals surface area contributed by atoms with Gasteiger partial charge in [0.2, 0.25) is 5.91 Å². The first-order chi connectivity index (χ1) is 15.8.